The van der Waals surface area contributed by atoms with Gasteiger partial charge in [-0.15, -0.1) is 0 Å². The summed E-state index contributed by atoms with van der Waals surface area (Å²) in [5.41, 5.74) is 10.8. The van der Waals surface area contributed by atoms with E-state index >= 15 is 0 Å². The molecule has 246 valence electrons. The number of ether oxygens (including phenoxy) is 2. The number of carbonyl (C=O) groups is 1. The van der Waals surface area contributed by atoms with Crippen LogP contribution in [0.4, 0.5) is 4.39 Å². The predicted octanol–water partition coefficient (Wildman–Crippen LogP) is 4.65. The molecule has 3 fully saturated rings. The number of morpholine rings is 1. The molecule has 0 unspecified atom stereocenters. The van der Waals surface area contributed by atoms with Gasteiger partial charge in [-0.1, -0.05) is 30.3 Å². The Morgan fingerprint density at radius 1 is 0.978 bits per heavy atom. The summed E-state index contributed by atoms with van der Waals surface area (Å²) in [5.74, 6) is -0.366. The molecule has 3 N–H and O–H groups in total. The van der Waals surface area contributed by atoms with E-state index in [4.69, 9.17) is 15.2 Å². The smallest absolute Gasteiger partial charge is 0.257 e. The van der Waals surface area contributed by atoms with Crippen LogP contribution in [-0.2, 0) is 17.8 Å². The largest absolute Gasteiger partial charge is 0.438 e. The molecule has 2 aromatic carbocycles. The van der Waals surface area contributed by atoms with Crippen LogP contribution in [0.15, 0.2) is 54.7 Å². The zero-order valence-corrected chi connectivity index (χ0v) is 26.9. The maximum atomic E-state index is 14.3. The summed E-state index contributed by atoms with van der Waals surface area (Å²) >= 11 is 0. The highest BCUT2D eigenvalue weighted by Gasteiger charge is 2.24. The molecule has 1 aliphatic carbocycles. The number of nitrogens with two attached hydrogens (primary N) is 1. The number of halogens is 1. The molecule has 3 aliphatic rings. The van der Waals surface area contributed by atoms with Crippen LogP contribution in [0.1, 0.15) is 53.6 Å². The summed E-state index contributed by atoms with van der Waals surface area (Å²) in [6.07, 6.45) is 5.57. The highest BCUT2D eigenvalue weighted by Crippen LogP contribution is 2.32. The lowest BCUT2D eigenvalue weighted by Gasteiger charge is -2.28. The minimum absolute atomic E-state index is 0.000279. The summed E-state index contributed by atoms with van der Waals surface area (Å²) in [5, 5.41) is 3.03. The van der Waals surface area contributed by atoms with Gasteiger partial charge in [-0.2, -0.15) is 0 Å². The Kier molecular flexibility index (Phi) is 10.9. The number of rotatable bonds is 9. The lowest BCUT2D eigenvalue weighted by atomic mass is 9.91. The second-order valence-electron chi connectivity index (χ2n) is 13.0. The lowest BCUT2D eigenvalue weighted by Crippen LogP contribution is -2.40. The molecule has 6 rings (SSSR count). The molecule has 2 aliphatic heterocycles. The van der Waals surface area contributed by atoms with Crippen LogP contribution in [0, 0.1) is 5.82 Å². The summed E-state index contributed by atoms with van der Waals surface area (Å²) in [6.45, 7) is 9.47. The van der Waals surface area contributed by atoms with Gasteiger partial charge >= 0.3 is 0 Å². The predicted molar refractivity (Wildman–Crippen MR) is 177 cm³/mol. The number of benzene rings is 2. The van der Waals surface area contributed by atoms with Crippen molar-refractivity contribution in [2.45, 2.75) is 57.3 Å². The van der Waals surface area contributed by atoms with Crippen LogP contribution in [0.2, 0.25) is 0 Å². The number of pyridine rings is 1. The second kappa shape index (κ2) is 15.5. The lowest BCUT2D eigenvalue weighted by molar-refractivity contribution is 0.0342. The van der Waals surface area contributed by atoms with Gasteiger partial charge < -0.3 is 25.4 Å². The van der Waals surface area contributed by atoms with E-state index in [2.05, 4.69) is 56.3 Å². The molecule has 0 bridgehead atoms. The highest BCUT2D eigenvalue weighted by atomic mass is 19.1. The first kappa shape index (κ1) is 32.5. The number of amides is 1. The number of carbonyl (C=O) groups excluding carboxylic acids is 1. The van der Waals surface area contributed by atoms with Gasteiger partial charge in [0.2, 0.25) is 5.88 Å². The molecule has 10 heteroatoms. The zero-order valence-electron chi connectivity index (χ0n) is 26.9. The first-order valence-electron chi connectivity index (χ1n) is 16.7. The summed E-state index contributed by atoms with van der Waals surface area (Å²) < 4.78 is 26.1. The standard InChI is InChI=1S/C36H47FN6O3/c1-41-12-3-13-42(15-14-41)24-26-6-11-33(28(20-26)25-43-16-18-45-19-17-43)27-4-2-5-32(21-27)46-36-34(22-29(37)23-39-36)35(44)40-31-9-7-30(38)8-10-31/h2,4-6,11,20-23,30-31H,3,7-10,12-19,24-25,38H2,1H3,(H,40,44). The number of aromatic nitrogens is 1. The van der Waals surface area contributed by atoms with E-state index in [1.54, 1.807) is 0 Å². The van der Waals surface area contributed by atoms with Crippen molar-refractivity contribution in [3.63, 3.8) is 0 Å². The summed E-state index contributed by atoms with van der Waals surface area (Å²) in [4.78, 5) is 24.8. The molecule has 46 heavy (non-hydrogen) atoms. The molecule has 3 aromatic rings. The van der Waals surface area contributed by atoms with Crippen molar-refractivity contribution in [3.8, 4) is 22.8 Å². The van der Waals surface area contributed by atoms with Gasteiger partial charge in [0.05, 0.1) is 19.4 Å². The van der Waals surface area contributed by atoms with Crippen LogP contribution in [0.25, 0.3) is 11.1 Å². The van der Waals surface area contributed by atoms with E-state index in [0.717, 1.165) is 109 Å². The zero-order chi connectivity index (χ0) is 31.9. The normalized spacial score (nSPS) is 21.9. The molecule has 9 nitrogen and oxygen atoms in total. The molecule has 1 amide bonds. The third kappa shape index (κ3) is 8.68. The van der Waals surface area contributed by atoms with Gasteiger partial charge in [-0.25, -0.2) is 9.37 Å². The molecule has 1 aromatic heterocycles. The maximum absolute atomic E-state index is 14.3. The molecule has 0 spiro atoms. The van der Waals surface area contributed by atoms with Crippen molar-refractivity contribution in [3.05, 3.63) is 77.2 Å². The topological polar surface area (TPSA) is 96.2 Å². The third-order valence-corrected chi connectivity index (χ3v) is 9.41. The summed E-state index contributed by atoms with van der Waals surface area (Å²) in [6, 6.07) is 16.0. The average Bonchev–Trinajstić information content (AvgIpc) is 3.27. The van der Waals surface area contributed by atoms with E-state index < -0.39 is 11.7 Å². The van der Waals surface area contributed by atoms with E-state index in [1.165, 1.54) is 23.6 Å². The second-order valence-corrected chi connectivity index (χ2v) is 13.0. The molecule has 0 atom stereocenters. The first-order valence-corrected chi connectivity index (χ1v) is 16.7. The Morgan fingerprint density at radius 2 is 1.78 bits per heavy atom. The Labute approximate surface area is 271 Å². The average molecular weight is 631 g/mol. The molecule has 0 radical (unpaired) electrons. The number of nitrogens with one attached hydrogen (secondary N) is 1. The van der Waals surface area contributed by atoms with Gasteiger partial charge in [0.15, 0.2) is 0 Å². The van der Waals surface area contributed by atoms with E-state index in [-0.39, 0.29) is 23.5 Å². The van der Waals surface area contributed by atoms with Crippen LogP contribution in [-0.4, -0.2) is 97.2 Å². The van der Waals surface area contributed by atoms with E-state index in [1.807, 2.05) is 18.2 Å². The molecule has 3 heterocycles. The van der Waals surface area contributed by atoms with E-state index in [0.29, 0.717) is 5.75 Å². The molecule has 1 saturated carbocycles. The van der Waals surface area contributed by atoms with Crippen LogP contribution < -0.4 is 15.8 Å². The molecule has 2 saturated heterocycles. The minimum atomic E-state index is -0.586. The number of likely N-dealkylation sites (N-methyl/N-ethyl adjacent to an activating group) is 1. The van der Waals surface area contributed by atoms with Gasteiger partial charge in [0, 0.05) is 51.4 Å². The Hall–Kier alpha value is -3.41. The fourth-order valence-corrected chi connectivity index (χ4v) is 6.71. The van der Waals surface area contributed by atoms with Gasteiger partial charge in [-0.3, -0.25) is 14.6 Å². The number of hydrogen-bond donors (Lipinski definition) is 2. The first-order chi connectivity index (χ1) is 22.4. The van der Waals surface area contributed by atoms with Crippen molar-refractivity contribution in [2.75, 3.05) is 59.5 Å². The van der Waals surface area contributed by atoms with Crippen molar-refractivity contribution < 1.29 is 18.7 Å². The van der Waals surface area contributed by atoms with Crippen molar-refractivity contribution in [1.29, 1.82) is 0 Å². The van der Waals surface area contributed by atoms with Crippen molar-refractivity contribution in [2.24, 2.45) is 5.73 Å². The molecular weight excluding hydrogens is 583 g/mol. The number of nitrogens with zero attached hydrogens (tertiary/aromatic N) is 4. The fraction of sp³-hybridized carbons (Fsp3) is 0.500. The van der Waals surface area contributed by atoms with Crippen LogP contribution >= 0.6 is 0 Å². The van der Waals surface area contributed by atoms with Crippen molar-refractivity contribution in [1.82, 2.24) is 25.0 Å². The Bertz CT molecular complexity index is 1470. The Morgan fingerprint density at radius 3 is 2.61 bits per heavy atom. The quantitative estimate of drug-likeness (QED) is 0.353. The number of hydrogen-bond acceptors (Lipinski definition) is 8. The fourth-order valence-electron chi connectivity index (χ4n) is 6.71. The van der Waals surface area contributed by atoms with Gasteiger partial charge in [0.1, 0.15) is 17.1 Å². The van der Waals surface area contributed by atoms with Crippen LogP contribution in [0.3, 0.4) is 0 Å². The SMILES string of the molecule is CN1CCCN(Cc2ccc(-c3cccc(Oc4ncc(F)cc4C(=O)NC4CCC(N)CC4)c3)c(CN3CCOCC3)c2)CC1. The summed E-state index contributed by atoms with van der Waals surface area (Å²) in [7, 11) is 2.20. The maximum Gasteiger partial charge on any atom is 0.257 e. The van der Waals surface area contributed by atoms with Crippen molar-refractivity contribution >= 4 is 5.91 Å². The Balaban J connectivity index is 1.23. The highest BCUT2D eigenvalue weighted by molar-refractivity contribution is 5.96. The van der Waals surface area contributed by atoms with E-state index in [9.17, 15) is 9.18 Å². The monoisotopic (exact) mass is 630 g/mol. The third-order valence-electron chi connectivity index (χ3n) is 9.41. The molecular formula is C36H47FN6O3. The van der Waals surface area contributed by atoms with Crippen LogP contribution in [0.5, 0.6) is 11.6 Å². The van der Waals surface area contributed by atoms with Gasteiger partial charge in [-0.05, 0) is 92.7 Å². The minimum Gasteiger partial charge on any atom is -0.438 e. The van der Waals surface area contributed by atoms with Gasteiger partial charge in [0.25, 0.3) is 5.91 Å².